The summed E-state index contributed by atoms with van der Waals surface area (Å²) in [5.41, 5.74) is 6.24. The zero-order chi connectivity index (χ0) is 6.69. The van der Waals surface area contributed by atoms with E-state index in [2.05, 4.69) is 16.9 Å². The van der Waals surface area contributed by atoms with E-state index >= 15 is 0 Å². The molecule has 3 nitrogen and oxygen atoms in total. The minimum atomic E-state index is 0.312. The molecule has 9 heavy (non-hydrogen) atoms. The molecule has 1 aromatic heterocycles. The van der Waals surface area contributed by atoms with Crippen LogP contribution in [0.4, 0.5) is 5.95 Å². The van der Waals surface area contributed by atoms with Gasteiger partial charge in [0.15, 0.2) is 0 Å². The highest BCUT2D eigenvalue weighted by Crippen LogP contribution is 1.95. The normalized spacial score (nSPS) is 9.44. The van der Waals surface area contributed by atoms with Crippen LogP contribution < -0.4 is 5.73 Å². The smallest absolute Gasteiger partial charge is 0.219 e. The second-order valence-electron chi connectivity index (χ2n) is 1.70. The predicted molar refractivity (Wildman–Crippen MR) is 35.5 cm³/mol. The van der Waals surface area contributed by atoms with Crippen LogP contribution in [0.15, 0.2) is 12.4 Å². The molecule has 0 unspecified atom stereocenters. The molecule has 0 aliphatic heterocycles. The molecule has 0 saturated heterocycles. The summed E-state index contributed by atoms with van der Waals surface area (Å²) in [4.78, 5) is 7.55. The van der Waals surface area contributed by atoms with Crippen molar-refractivity contribution in [3.8, 4) is 0 Å². The quantitative estimate of drug-likeness (QED) is 0.587. The van der Waals surface area contributed by atoms with Crippen LogP contribution in [0.5, 0.6) is 0 Å². The van der Waals surface area contributed by atoms with E-state index in [9.17, 15) is 0 Å². The van der Waals surface area contributed by atoms with Crippen molar-refractivity contribution in [1.82, 2.24) is 9.97 Å². The van der Waals surface area contributed by atoms with E-state index in [1.165, 1.54) is 0 Å². The molecule has 2 N–H and O–H groups in total. The fourth-order valence-corrected chi connectivity index (χ4v) is 0.494. The number of nitrogens with two attached hydrogens (primary N) is 1. The molecule has 0 aliphatic carbocycles. The highest BCUT2D eigenvalue weighted by Gasteiger charge is 1.87. The maximum Gasteiger partial charge on any atom is 0.219 e. The summed E-state index contributed by atoms with van der Waals surface area (Å²) >= 11 is 0. The summed E-state index contributed by atoms with van der Waals surface area (Å²) in [7, 11) is 0. The van der Waals surface area contributed by atoms with E-state index in [0.717, 1.165) is 5.56 Å². The predicted octanol–water partition coefficient (Wildman–Crippen LogP) is 0.435. The summed E-state index contributed by atoms with van der Waals surface area (Å²) in [5.74, 6) is 0.312. The third kappa shape index (κ3) is 1.38. The first kappa shape index (κ1) is 6.01. The Bertz CT molecular complexity index is 180. The van der Waals surface area contributed by atoms with Crippen molar-refractivity contribution in [3.05, 3.63) is 24.9 Å². The van der Waals surface area contributed by atoms with Crippen molar-refractivity contribution in [3.63, 3.8) is 0 Å². The molecule has 0 fully saturated rings. The number of hydrogen-bond donors (Lipinski definition) is 1. The lowest BCUT2D eigenvalue weighted by Gasteiger charge is -1.92. The van der Waals surface area contributed by atoms with Crippen molar-refractivity contribution in [2.45, 2.75) is 6.42 Å². The molecule has 0 bridgehead atoms. The Morgan fingerprint density at radius 1 is 1.44 bits per heavy atom. The molecule has 1 radical (unpaired) electrons. The standard InChI is InChI=1S/C6H8N3/c1-2-5-3-8-6(7)9-4-5/h3-4H,1-2H2,(H2,7,8,9). The summed E-state index contributed by atoms with van der Waals surface area (Å²) < 4.78 is 0. The van der Waals surface area contributed by atoms with Gasteiger partial charge in [0, 0.05) is 12.4 Å². The van der Waals surface area contributed by atoms with E-state index in [-0.39, 0.29) is 0 Å². The largest absolute Gasteiger partial charge is 0.368 e. The maximum absolute atomic E-state index is 5.24. The van der Waals surface area contributed by atoms with E-state index < -0.39 is 0 Å². The topological polar surface area (TPSA) is 51.8 Å². The molecule has 0 spiro atoms. The molecule has 0 aromatic carbocycles. The van der Waals surface area contributed by atoms with Gasteiger partial charge in [0.1, 0.15) is 0 Å². The van der Waals surface area contributed by atoms with Crippen LogP contribution in [-0.2, 0) is 6.42 Å². The molecule has 1 heterocycles. The van der Waals surface area contributed by atoms with Crippen LogP contribution in [-0.4, -0.2) is 9.97 Å². The first-order valence-corrected chi connectivity index (χ1v) is 2.68. The third-order valence-electron chi connectivity index (χ3n) is 1.01. The van der Waals surface area contributed by atoms with Gasteiger partial charge in [-0.3, -0.25) is 0 Å². The van der Waals surface area contributed by atoms with Gasteiger partial charge in [0.05, 0.1) is 0 Å². The second-order valence-corrected chi connectivity index (χ2v) is 1.70. The number of anilines is 1. The van der Waals surface area contributed by atoms with Gasteiger partial charge in [-0.05, 0) is 18.9 Å². The highest BCUT2D eigenvalue weighted by atomic mass is 15.0. The average Bonchev–Trinajstić information content (AvgIpc) is 1.90. The lowest BCUT2D eigenvalue weighted by molar-refractivity contribution is 1.10. The Morgan fingerprint density at radius 3 is 2.44 bits per heavy atom. The maximum atomic E-state index is 5.24. The Kier molecular flexibility index (Phi) is 1.63. The van der Waals surface area contributed by atoms with Gasteiger partial charge in [-0.25, -0.2) is 9.97 Å². The molecule has 0 saturated carbocycles. The van der Waals surface area contributed by atoms with Gasteiger partial charge in [0.2, 0.25) is 5.95 Å². The minimum absolute atomic E-state index is 0.312. The Balaban J connectivity index is 2.88. The third-order valence-corrected chi connectivity index (χ3v) is 1.01. The second kappa shape index (κ2) is 2.44. The molecule has 1 aromatic rings. The van der Waals surface area contributed by atoms with Crippen LogP contribution in [0, 0.1) is 6.92 Å². The van der Waals surface area contributed by atoms with Gasteiger partial charge in [-0.2, -0.15) is 0 Å². The fourth-order valence-electron chi connectivity index (χ4n) is 0.494. The zero-order valence-corrected chi connectivity index (χ0v) is 5.04. The van der Waals surface area contributed by atoms with Gasteiger partial charge in [-0.15, -0.1) is 0 Å². The lowest BCUT2D eigenvalue weighted by Crippen LogP contribution is -1.94. The van der Waals surface area contributed by atoms with Crippen LogP contribution in [0.3, 0.4) is 0 Å². The Morgan fingerprint density at radius 2 is 2.00 bits per heavy atom. The van der Waals surface area contributed by atoms with Crippen molar-refractivity contribution in [2.24, 2.45) is 0 Å². The molecular weight excluding hydrogens is 114 g/mol. The summed E-state index contributed by atoms with van der Waals surface area (Å²) in [5, 5.41) is 0. The van der Waals surface area contributed by atoms with Gasteiger partial charge < -0.3 is 5.73 Å². The molecule has 47 valence electrons. The number of rotatable bonds is 1. The lowest BCUT2D eigenvalue weighted by atomic mass is 10.3. The summed E-state index contributed by atoms with van der Waals surface area (Å²) in [6, 6.07) is 0. The monoisotopic (exact) mass is 122 g/mol. The van der Waals surface area contributed by atoms with Gasteiger partial charge in [-0.1, -0.05) is 0 Å². The van der Waals surface area contributed by atoms with Gasteiger partial charge >= 0.3 is 0 Å². The first-order valence-electron chi connectivity index (χ1n) is 2.68. The zero-order valence-electron chi connectivity index (χ0n) is 5.04. The van der Waals surface area contributed by atoms with Crippen molar-refractivity contribution in [2.75, 3.05) is 5.73 Å². The van der Waals surface area contributed by atoms with Crippen molar-refractivity contribution in [1.29, 1.82) is 0 Å². The highest BCUT2D eigenvalue weighted by molar-refractivity contribution is 5.17. The van der Waals surface area contributed by atoms with E-state index in [1.807, 2.05) is 0 Å². The van der Waals surface area contributed by atoms with Crippen LogP contribution in [0.25, 0.3) is 0 Å². The Labute approximate surface area is 53.9 Å². The van der Waals surface area contributed by atoms with E-state index in [4.69, 9.17) is 5.73 Å². The SMILES string of the molecule is [CH2]Cc1cnc(N)nc1. The molecule has 0 atom stereocenters. The average molecular weight is 122 g/mol. The molecular formula is C6H8N3. The van der Waals surface area contributed by atoms with E-state index in [0.29, 0.717) is 12.4 Å². The van der Waals surface area contributed by atoms with Crippen molar-refractivity contribution >= 4 is 5.95 Å². The van der Waals surface area contributed by atoms with Crippen LogP contribution in [0.1, 0.15) is 5.56 Å². The number of aromatic nitrogens is 2. The van der Waals surface area contributed by atoms with E-state index in [1.54, 1.807) is 12.4 Å². The number of nitrogens with zero attached hydrogens (tertiary/aromatic N) is 2. The fraction of sp³-hybridized carbons (Fsp3) is 0.167. The number of hydrogen-bond acceptors (Lipinski definition) is 3. The van der Waals surface area contributed by atoms with Crippen LogP contribution >= 0.6 is 0 Å². The van der Waals surface area contributed by atoms with Gasteiger partial charge in [0.25, 0.3) is 0 Å². The molecule has 0 aliphatic rings. The first-order chi connectivity index (χ1) is 4.33. The number of nitrogen functional groups attached to an aromatic ring is 1. The molecule has 1 rings (SSSR count). The van der Waals surface area contributed by atoms with Crippen LogP contribution in [0.2, 0.25) is 0 Å². The van der Waals surface area contributed by atoms with Crippen molar-refractivity contribution < 1.29 is 0 Å². The summed E-state index contributed by atoms with van der Waals surface area (Å²) in [6.07, 6.45) is 4.06. The molecule has 0 amide bonds. The molecule has 3 heteroatoms. The Hall–Kier alpha value is -1.12. The minimum Gasteiger partial charge on any atom is -0.368 e. The summed E-state index contributed by atoms with van der Waals surface area (Å²) in [6.45, 7) is 3.66.